The molecule has 0 aromatic rings. The normalized spacial score (nSPS) is 23.2. The molecule has 112 valence electrons. The number of nitrogens with zero attached hydrogens (tertiary/aromatic N) is 2. The zero-order chi connectivity index (χ0) is 14.5. The molecule has 0 bridgehead atoms. The van der Waals surface area contributed by atoms with Gasteiger partial charge in [-0.3, -0.25) is 14.4 Å². The van der Waals surface area contributed by atoms with Crippen LogP contribution >= 0.6 is 11.8 Å². The fraction of sp³-hybridized carbons (Fsp3) is 0.769. The topological polar surface area (TPSA) is 77.9 Å². The van der Waals surface area contributed by atoms with Crippen molar-refractivity contribution in [3.05, 3.63) is 0 Å². The maximum absolute atomic E-state index is 12.2. The number of piperidine rings is 1. The molecule has 6 nitrogen and oxygen atoms in total. The highest BCUT2D eigenvalue weighted by Gasteiger charge is 2.28. The third kappa shape index (κ3) is 4.13. The predicted octanol–water partition coefficient (Wildman–Crippen LogP) is 0.623. The van der Waals surface area contributed by atoms with Gasteiger partial charge in [0.2, 0.25) is 11.8 Å². The van der Waals surface area contributed by atoms with Gasteiger partial charge < -0.3 is 14.9 Å². The van der Waals surface area contributed by atoms with Gasteiger partial charge in [-0.25, -0.2) is 0 Å². The number of rotatable bonds is 5. The van der Waals surface area contributed by atoms with Crippen LogP contribution in [0.3, 0.4) is 0 Å². The van der Waals surface area contributed by atoms with Crippen molar-refractivity contribution in [3.8, 4) is 0 Å². The monoisotopic (exact) mass is 300 g/mol. The van der Waals surface area contributed by atoms with Crippen molar-refractivity contribution in [3.63, 3.8) is 0 Å². The lowest BCUT2D eigenvalue weighted by molar-refractivity contribution is -0.139. The van der Waals surface area contributed by atoms with Crippen LogP contribution in [0, 0.1) is 5.92 Å². The van der Waals surface area contributed by atoms with Crippen LogP contribution in [0.25, 0.3) is 0 Å². The fourth-order valence-corrected chi connectivity index (χ4v) is 3.56. The summed E-state index contributed by atoms with van der Waals surface area (Å²) < 4.78 is 0. The summed E-state index contributed by atoms with van der Waals surface area (Å²) in [5.41, 5.74) is 0. The Morgan fingerprint density at radius 3 is 2.85 bits per heavy atom. The zero-order valence-electron chi connectivity index (χ0n) is 11.4. The van der Waals surface area contributed by atoms with Crippen molar-refractivity contribution >= 4 is 29.5 Å². The molecule has 1 N–H and O–H groups in total. The van der Waals surface area contributed by atoms with Crippen molar-refractivity contribution in [1.29, 1.82) is 0 Å². The van der Waals surface area contributed by atoms with Crippen molar-refractivity contribution in [2.75, 3.05) is 31.3 Å². The van der Waals surface area contributed by atoms with Gasteiger partial charge in [0.15, 0.2) is 0 Å². The third-order valence-corrected chi connectivity index (χ3v) is 4.73. The second kappa shape index (κ2) is 6.97. The van der Waals surface area contributed by atoms with E-state index in [0.717, 1.165) is 19.4 Å². The highest BCUT2D eigenvalue weighted by molar-refractivity contribution is 8.00. The Hall–Kier alpha value is -1.24. The number of carbonyl (C=O) groups excluding carboxylic acids is 2. The minimum atomic E-state index is -0.784. The second-order valence-electron chi connectivity index (χ2n) is 5.35. The van der Waals surface area contributed by atoms with E-state index < -0.39 is 5.97 Å². The van der Waals surface area contributed by atoms with Gasteiger partial charge in [0.25, 0.3) is 0 Å². The Morgan fingerprint density at radius 2 is 2.20 bits per heavy atom. The molecule has 2 fully saturated rings. The smallest absolute Gasteiger partial charge is 0.303 e. The maximum Gasteiger partial charge on any atom is 0.303 e. The summed E-state index contributed by atoms with van der Waals surface area (Å²) in [6, 6.07) is 0. The van der Waals surface area contributed by atoms with E-state index in [1.165, 1.54) is 11.8 Å². The van der Waals surface area contributed by atoms with Gasteiger partial charge in [0, 0.05) is 19.5 Å². The van der Waals surface area contributed by atoms with Crippen LogP contribution in [0.15, 0.2) is 0 Å². The third-order valence-electron chi connectivity index (χ3n) is 3.79. The lowest BCUT2D eigenvalue weighted by Gasteiger charge is -2.33. The number of aliphatic carboxylic acids is 1. The Balaban J connectivity index is 1.80. The molecule has 0 aromatic heterocycles. The van der Waals surface area contributed by atoms with E-state index in [0.29, 0.717) is 24.6 Å². The molecule has 2 amide bonds. The first kappa shape index (κ1) is 15.2. The molecule has 20 heavy (non-hydrogen) atoms. The molecule has 1 atom stereocenters. The number of likely N-dealkylation sites (tertiary alicyclic amines) is 1. The number of amides is 2. The molecule has 0 radical (unpaired) electrons. The van der Waals surface area contributed by atoms with Crippen LogP contribution in [0.1, 0.15) is 25.7 Å². The van der Waals surface area contributed by atoms with E-state index in [4.69, 9.17) is 5.11 Å². The molecule has 2 saturated heterocycles. The molecule has 2 aliphatic rings. The van der Waals surface area contributed by atoms with Crippen LogP contribution in [0.5, 0.6) is 0 Å². The maximum atomic E-state index is 12.2. The zero-order valence-corrected chi connectivity index (χ0v) is 12.2. The molecule has 0 spiro atoms. The van der Waals surface area contributed by atoms with Gasteiger partial charge in [-0.05, 0) is 25.2 Å². The summed E-state index contributed by atoms with van der Waals surface area (Å²) in [5.74, 6) is 0.569. The van der Waals surface area contributed by atoms with Crippen molar-refractivity contribution in [2.45, 2.75) is 25.7 Å². The standard InChI is InChI=1S/C13H20N2O4S/c16-11(7-15-9-20-8-12(15)17)14-5-1-2-10(6-14)3-4-13(18)19/h10H,1-9H2,(H,18,19)/t10-/m1/s1. The predicted molar refractivity (Wildman–Crippen MR) is 75.2 cm³/mol. The Bertz CT molecular complexity index is 402. The van der Waals surface area contributed by atoms with Gasteiger partial charge in [-0.15, -0.1) is 11.8 Å². The SMILES string of the molecule is O=C(O)CC[C@H]1CCCN(C(=O)CN2CSCC2=O)C1. The highest BCUT2D eigenvalue weighted by Crippen LogP contribution is 2.22. The molecular weight excluding hydrogens is 280 g/mol. The lowest BCUT2D eigenvalue weighted by atomic mass is 9.93. The van der Waals surface area contributed by atoms with Gasteiger partial charge in [0.1, 0.15) is 6.54 Å². The van der Waals surface area contributed by atoms with Crippen molar-refractivity contribution in [2.24, 2.45) is 5.92 Å². The van der Waals surface area contributed by atoms with E-state index in [1.54, 1.807) is 9.80 Å². The average molecular weight is 300 g/mol. The number of carboxylic acids is 1. The lowest BCUT2D eigenvalue weighted by Crippen LogP contribution is -2.45. The molecule has 2 aliphatic heterocycles. The van der Waals surface area contributed by atoms with Crippen molar-refractivity contribution < 1.29 is 19.5 Å². The molecule has 0 unspecified atom stereocenters. The number of carboxylic acid groups (broad SMARTS) is 1. The van der Waals surface area contributed by atoms with Gasteiger partial charge >= 0.3 is 5.97 Å². The average Bonchev–Trinajstić information content (AvgIpc) is 2.82. The van der Waals surface area contributed by atoms with Gasteiger partial charge in [0.05, 0.1) is 11.6 Å². The first-order valence-corrected chi connectivity index (χ1v) is 8.07. The molecule has 2 heterocycles. The van der Waals surface area contributed by atoms with E-state index in [-0.39, 0.29) is 30.7 Å². The summed E-state index contributed by atoms with van der Waals surface area (Å²) in [6.07, 6.45) is 2.68. The summed E-state index contributed by atoms with van der Waals surface area (Å²) in [4.78, 5) is 37.7. The minimum Gasteiger partial charge on any atom is -0.481 e. The van der Waals surface area contributed by atoms with E-state index in [1.807, 2.05) is 0 Å². The summed E-state index contributed by atoms with van der Waals surface area (Å²) in [7, 11) is 0. The largest absolute Gasteiger partial charge is 0.481 e. The summed E-state index contributed by atoms with van der Waals surface area (Å²) >= 11 is 1.53. The number of hydrogen-bond acceptors (Lipinski definition) is 4. The van der Waals surface area contributed by atoms with Gasteiger partial charge in [-0.1, -0.05) is 0 Å². The highest BCUT2D eigenvalue weighted by atomic mass is 32.2. The van der Waals surface area contributed by atoms with Gasteiger partial charge in [-0.2, -0.15) is 0 Å². The van der Waals surface area contributed by atoms with Crippen LogP contribution in [0.2, 0.25) is 0 Å². The van der Waals surface area contributed by atoms with E-state index >= 15 is 0 Å². The van der Waals surface area contributed by atoms with Crippen molar-refractivity contribution in [1.82, 2.24) is 9.80 Å². The Morgan fingerprint density at radius 1 is 1.40 bits per heavy atom. The number of thioether (sulfide) groups is 1. The van der Waals surface area contributed by atoms with E-state index in [9.17, 15) is 14.4 Å². The second-order valence-corrected chi connectivity index (χ2v) is 6.30. The first-order valence-electron chi connectivity index (χ1n) is 6.91. The molecule has 0 saturated carbocycles. The molecule has 0 aliphatic carbocycles. The number of hydrogen-bond donors (Lipinski definition) is 1. The van der Waals surface area contributed by atoms with Crippen LogP contribution < -0.4 is 0 Å². The first-order chi connectivity index (χ1) is 9.56. The quantitative estimate of drug-likeness (QED) is 0.805. The minimum absolute atomic E-state index is 0.0131. The molecular formula is C13H20N2O4S. The summed E-state index contributed by atoms with van der Waals surface area (Å²) in [6.45, 7) is 1.51. The van der Waals surface area contributed by atoms with Crippen LogP contribution in [0.4, 0.5) is 0 Å². The van der Waals surface area contributed by atoms with Crippen LogP contribution in [-0.4, -0.2) is 64.0 Å². The molecule has 0 aromatic carbocycles. The Kier molecular flexibility index (Phi) is 5.28. The van der Waals surface area contributed by atoms with E-state index in [2.05, 4.69) is 0 Å². The Labute approximate surface area is 122 Å². The fourth-order valence-electron chi connectivity index (χ4n) is 2.66. The number of carbonyl (C=O) groups is 3. The molecule has 7 heteroatoms. The van der Waals surface area contributed by atoms with Crippen LogP contribution in [-0.2, 0) is 14.4 Å². The molecule has 2 rings (SSSR count). The summed E-state index contributed by atoms with van der Waals surface area (Å²) in [5, 5.41) is 8.71.